The molecule has 0 aliphatic heterocycles. The maximum Gasteiger partial charge on any atom is 0.161 e. The molecule has 0 unspecified atom stereocenters. The van der Waals surface area contributed by atoms with Crippen molar-refractivity contribution in [3.05, 3.63) is 467 Å². The first-order valence-electron chi connectivity index (χ1n) is 46.4. The van der Waals surface area contributed by atoms with Crippen molar-refractivity contribution in [2.24, 2.45) is 0 Å². The van der Waals surface area contributed by atoms with Gasteiger partial charge >= 0.3 is 0 Å². The van der Waals surface area contributed by atoms with Crippen LogP contribution in [0, 0.1) is 0 Å². The van der Waals surface area contributed by atoms with E-state index in [0.29, 0.717) is 17.5 Å². The minimum atomic E-state index is -0.110. The number of furan rings is 3. The first-order chi connectivity index (χ1) is 68.6. The van der Waals surface area contributed by atoms with Gasteiger partial charge in [0, 0.05) is 162 Å². The Morgan fingerprint density at radius 1 is 0.187 bits per heavy atom. The van der Waals surface area contributed by atoms with Gasteiger partial charge in [-0.15, -0.1) is 11.3 Å². The second kappa shape index (κ2) is 35.0. The number of thiophene rings is 1. The minimum absolute atomic E-state index is 0.110. The molecule has 12 nitrogen and oxygen atoms in total. The minimum Gasteiger partial charge on any atom is -0.456 e. The Kier molecular flexibility index (Phi) is 20.8. The van der Waals surface area contributed by atoms with Crippen molar-refractivity contribution in [2.45, 2.75) is 19.3 Å². The lowest BCUT2D eigenvalue weighted by molar-refractivity contribution is 0.660. The summed E-state index contributed by atoms with van der Waals surface area (Å²) in [5.41, 5.74) is 35.4. The third-order valence-electron chi connectivity index (χ3n) is 26.7. The highest BCUT2D eigenvalue weighted by molar-refractivity contribution is 7.25. The number of benzene rings is 16. The number of pyridine rings is 3. The third kappa shape index (κ3) is 15.6. The highest BCUT2D eigenvalue weighted by Crippen LogP contribution is 2.51. The molecule has 1 aliphatic rings. The second-order valence-corrected chi connectivity index (χ2v) is 36.5. The van der Waals surface area contributed by atoms with E-state index in [-0.39, 0.29) is 5.41 Å². The zero-order chi connectivity index (χ0) is 92.4. The standard InChI is InChI=1S/C45H27N3OS.C42H29N3O.C39H25N3O/c1-2-12-37(33(9-1)32-8-7-23-46-27-32)45-47-39(26-40(48-45)31-20-22-42-38(24-31)34-10-3-5-13-41(34)49-42)29-17-15-28(16-18-29)30-19-21-36-35-11-4-6-14-43(35)50-44(36)25-30;1-42(2)35-15-7-5-12-30(35)31-19-17-27(23-36(31)42)38-24-37(26-18-20-40-34(22-26)32-13-6-8-16-39(32)46-40)44-41(45-38)33-14-4-3-11-29(33)28-10-9-21-43-25-28;1-2-9-26(10-3-1)27-16-18-28(19-17-27)35-24-36(29-20-21-38-34(23-29)32-13-6-7-15-37(32)43-38)42-39(41-35)33-14-5-4-12-31(33)30-11-8-22-40-25-30/h1-27H;3-25H,1-2H3;1-25H. The maximum atomic E-state index is 6.14. The molecule has 27 rings (SSSR count). The predicted molar refractivity (Wildman–Crippen MR) is 568 cm³/mol. The molecule has 16 aromatic carbocycles. The maximum absolute atomic E-state index is 6.14. The van der Waals surface area contributed by atoms with Crippen LogP contribution in [0.1, 0.15) is 25.0 Å². The van der Waals surface area contributed by atoms with Crippen molar-refractivity contribution < 1.29 is 13.3 Å². The summed E-state index contributed by atoms with van der Waals surface area (Å²) < 4.78 is 21.0. The van der Waals surface area contributed by atoms with E-state index < -0.39 is 0 Å². The van der Waals surface area contributed by atoms with E-state index in [4.69, 9.17) is 43.2 Å². The van der Waals surface area contributed by atoms with Gasteiger partial charge in [0.1, 0.15) is 33.5 Å². The van der Waals surface area contributed by atoms with Crippen LogP contribution in [0.25, 0.3) is 254 Å². The highest BCUT2D eigenvalue weighted by Gasteiger charge is 2.36. The monoisotopic (exact) mass is 1800 g/mol. The summed E-state index contributed by atoms with van der Waals surface area (Å²) in [7, 11) is 0. The van der Waals surface area contributed by atoms with Crippen molar-refractivity contribution in [1.29, 1.82) is 0 Å². The molecule has 0 N–H and O–H groups in total. The van der Waals surface area contributed by atoms with Gasteiger partial charge in [-0.3, -0.25) is 15.0 Å². The van der Waals surface area contributed by atoms with E-state index in [0.717, 1.165) is 189 Å². The lowest BCUT2D eigenvalue weighted by Crippen LogP contribution is -2.14. The SMILES string of the molecule is CC1(C)c2ccccc2-c2ccc(-c3cc(-c4ccc5oc6ccccc6c5c4)nc(-c4ccccc4-c4cccnc4)n3)cc21.c1ccc(-c2ccc(-c3cc(-c4ccc5oc6ccccc6c5c4)nc(-c4ccccc4-c4cccnc4)n3)cc2)cc1.c1cncc(-c2ccccc2-c2nc(-c3ccc(-c4ccc5c(c4)sc4ccccc45)cc3)cc(-c3ccc4oc5ccccc5c4c3)n2)c1. The average molecular weight is 1800 g/mol. The quantitative estimate of drug-likeness (QED) is 0.102. The molecule has 10 heterocycles. The van der Waals surface area contributed by atoms with E-state index in [9.17, 15) is 0 Å². The highest BCUT2D eigenvalue weighted by atomic mass is 32.1. The van der Waals surface area contributed by atoms with Crippen LogP contribution in [0.3, 0.4) is 0 Å². The Labute approximate surface area is 804 Å². The topological polar surface area (TPSA) is 155 Å². The van der Waals surface area contributed by atoms with Gasteiger partial charge in [0.15, 0.2) is 17.5 Å². The Morgan fingerprint density at radius 3 is 0.921 bits per heavy atom. The average Bonchev–Trinajstić information content (AvgIpc) is 1.58. The van der Waals surface area contributed by atoms with Crippen LogP contribution in [-0.2, 0) is 5.41 Å². The van der Waals surface area contributed by atoms with Crippen LogP contribution in [0.2, 0.25) is 0 Å². The van der Waals surface area contributed by atoms with E-state index in [2.05, 4.69) is 320 Å². The molecule has 0 saturated carbocycles. The van der Waals surface area contributed by atoms with Gasteiger partial charge in [-0.05, 0) is 189 Å². The Bertz CT molecular complexity index is 9240. The Morgan fingerprint density at radius 2 is 0.489 bits per heavy atom. The molecule has 26 aromatic rings. The summed E-state index contributed by atoms with van der Waals surface area (Å²) in [4.78, 5) is 44.3. The lowest BCUT2D eigenvalue weighted by atomic mass is 9.82. The summed E-state index contributed by atoms with van der Waals surface area (Å²) in [6.45, 7) is 4.62. The summed E-state index contributed by atoms with van der Waals surface area (Å²) in [5, 5.41) is 9.10. The predicted octanol–water partition coefficient (Wildman–Crippen LogP) is 33.3. The molecule has 0 bridgehead atoms. The van der Waals surface area contributed by atoms with Gasteiger partial charge in [0.05, 0.1) is 34.2 Å². The number of hydrogen-bond acceptors (Lipinski definition) is 13. The van der Waals surface area contributed by atoms with Crippen LogP contribution in [0.4, 0.5) is 0 Å². The van der Waals surface area contributed by atoms with Gasteiger partial charge in [-0.25, -0.2) is 29.9 Å². The van der Waals surface area contributed by atoms with Crippen molar-refractivity contribution in [3.63, 3.8) is 0 Å². The number of rotatable bonds is 14. The summed E-state index contributed by atoms with van der Waals surface area (Å²) >= 11 is 1.84. The smallest absolute Gasteiger partial charge is 0.161 e. The fraction of sp³-hybridized carbons (Fsp3) is 0.0238. The lowest BCUT2D eigenvalue weighted by Gasteiger charge is -2.22. The van der Waals surface area contributed by atoms with Crippen LogP contribution in [0.15, 0.2) is 469 Å². The van der Waals surface area contributed by atoms with Gasteiger partial charge < -0.3 is 13.3 Å². The molecular weight excluding hydrogens is 1720 g/mol. The fourth-order valence-electron chi connectivity index (χ4n) is 19.7. The van der Waals surface area contributed by atoms with Gasteiger partial charge in [0.25, 0.3) is 0 Å². The summed E-state index contributed by atoms with van der Waals surface area (Å²) in [6, 6.07) is 145. The normalized spacial score (nSPS) is 12.0. The van der Waals surface area contributed by atoms with E-state index >= 15 is 0 Å². The van der Waals surface area contributed by atoms with E-state index in [1.54, 1.807) is 18.6 Å². The number of nitrogens with zero attached hydrogens (tertiary/aromatic N) is 9. The molecule has 13 heteroatoms. The largest absolute Gasteiger partial charge is 0.456 e. The van der Waals surface area contributed by atoms with Crippen molar-refractivity contribution in [1.82, 2.24) is 44.9 Å². The van der Waals surface area contributed by atoms with Crippen LogP contribution in [0.5, 0.6) is 0 Å². The molecule has 654 valence electrons. The van der Waals surface area contributed by atoms with Crippen molar-refractivity contribution >= 4 is 97.3 Å². The third-order valence-corrected chi connectivity index (χ3v) is 27.8. The van der Waals surface area contributed by atoms with Crippen molar-refractivity contribution in [2.75, 3.05) is 0 Å². The molecule has 0 fully saturated rings. The molecule has 0 saturated heterocycles. The zero-order valence-corrected chi connectivity index (χ0v) is 76.3. The summed E-state index contributed by atoms with van der Waals surface area (Å²) in [6.07, 6.45) is 11.0. The van der Waals surface area contributed by atoms with Crippen LogP contribution >= 0.6 is 11.3 Å². The van der Waals surface area contributed by atoms with Gasteiger partial charge in [-0.2, -0.15) is 0 Å². The van der Waals surface area contributed by atoms with E-state index in [1.807, 2.05) is 157 Å². The number of hydrogen-bond donors (Lipinski definition) is 0. The molecule has 10 aromatic heterocycles. The molecule has 1 aliphatic carbocycles. The molecular formula is C126H81N9O3S. The van der Waals surface area contributed by atoms with Gasteiger partial charge in [0.2, 0.25) is 0 Å². The molecule has 0 amide bonds. The number of para-hydroxylation sites is 3. The molecule has 139 heavy (non-hydrogen) atoms. The summed E-state index contributed by atoms with van der Waals surface area (Å²) in [5.74, 6) is 2.00. The Balaban J connectivity index is 0.000000111. The Hall–Kier alpha value is -18.2. The van der Waals surface area contributed by atoms with Crippen molar-refractivity contribution in [3.8, 4) is 168 Å². The van der Waals surface area contributed by atoms with E-state index in [1.165, 1.54) is 59.1 Å². The molecule has 0 spiro atoms. The zero-order valence-electron chi connectivity index (χ0n) is 75.5. The fourth-order valence-corrected chi connectivity index (χ4v) is 20.8. The molecule has 0 radical (unpaired) electrons. The van der Waals surface area contributed by atoms with Crippen LogP contribution < -0.4 is 0 Å². The number of aromatic nitrogens is 9. The molecule has 0 atom stereocenters. The van der Waals surface area contributed by atoms with Gasteiger partial charge in [-0.1, -0.05) is 305 Å². The van der Waals surface area contributed by atoms with Crippen LogP contribution in [-0.4, -0.2) is 44.9 Å². The first kappa shape index (κ1) is 82.7. The second-order valence-electron chi connectivity index (χ2n) is 35.4. The number of fused-ring (bicyclic) bond motifs is 15. The first-order valence-corrected chi connectivity index (χ1v) is 47.3.